The van der Waals surface area contributed by atoms with Crippen molar-refractivity contribution in [3.63, 3.8) is 0 Å². The van der Waals surface area contributed by atoms with E-state index in [0.29, 0.717) is 10.6 Å². The number of nitrogen functional groups attached to an aromatic ring is 1. The highest BCUT2D eigenvalue weighted by molar-refractivity contribution is 7.21. The van der Waals surface area contributed by atoms with Crippen molar-refractivity contribution in [2.75, 3.05) is 25.9 Å². The standard InChI is InChI=1S/C19H21N3O2S/c1-24-13-6-7-15-12(10-13)11-14-16(20)17(25-18(14)21-15)19(23)22-8-4-2-3-5-9-22/h6-7,10-11H,2-5,8-9,20H2,1H3. The predicted octanol–water partition coefficient (Wildman–Crippen LogP) is 4.06. The van der Waals surface area contributed by atoms with Crippen molar-refractivity contribution >= 4 is 44.1 Å². The number of likely N-dealkylation sites (tertiary alicyclic amines) is 1. The largest absolute Gasteiger partial charge is 0.497 e. The maximum absolute atomic E-state index is 12.9. The summed E-state index contributed by atoms with van der Waals surface area (Å²) in [5.41, 5.74) is 7.76. The van der Waals surface area contributed by atoms with Gasteiger partial charge in [0.2, 0.25) is 0 Å². The van der Waals surface area contributed by atoms with Gasteiger partial charge in [0.15, 0.2) is 0 Å². The summed E-state index contributed by atoms with van der Waals surface area (Å²) in [6.07, 6.45) is 4.53. The molecule has 25 heavy (non-hydrogen) atoms. The number of hydrogen-bond donors (Lipinski definition) is 1. The van der Waals surface area contributed by atoms with Crippen LogP contribution < -0.4 is 10.5 Å². The molecule has 4 rings (SSSR count). The second-order valence-corrected chi connectivity index (χ2v) is 7.45. The van der Waals surface area contributed by atoms with Crippen LogP contribution in [0.15, 0.2) is 24.3 Å². The molecule has 1 aliphatic rings. The molecule has 6 heteroatoms. The number of rotatable bonds is 2. The van der Waals surface area contributed by atoms with E-state index in [1.807, 2.05) is 29.2 Å². The molecule has 0 unspecified atom stereocenters. The number of benzene rings is 1. The molecule has 0 aliphatic carbocycles. The van der Waals surface area contributed by atoms with E-state index >= 15 is 0 Å². The number of thiophene rings is 1. The zero-order valence-corrected chi connectivity index (χ0v) is 15.1. The van der Waals surface area contributed by atoms with Crippen LogP contribution in [0.4, 0.5) is 5.69 Å². The molecule has 1 amide bonds. The third-order valence-corrected chi connectivity index (χ3v) is 5.91. The summed E-state index contributed by atoms with van der Waals surface area (Å²) < 4.78 is 5.28. The first-order valence-electron chi connectivity index (χ1n) is 8.63. The van der Waals surface area contributed by atoms with Crippen LogP contribution in [-0.4, -0.2) is 36.0 Å². The summed E-state index contributed by atoms with van der Waals surface area (Å²) in [6.45, 7) is 1.64. The van der Waals surface area contributed by atoms with Crippen molar-refractivity contribution in [1.29, 1.82) is 0 Å². The van der Waals surface area contributed by atoms with E-state index in [-0.39, 0.29) is 5.91 Å². The van der Waals surface area contributed by atoms with Gasteiger partial charge in [0.25, 0.3) is 5.91 Å². The van der Waals surface area contributed by atoms with Crippen molar-refractivity contribution in [2.24, 2.45) is 0 Å². The van der Waals surface area contributed by atoms with Crippen LogP contribution in [0.2, 0.25) is 0 Å². The van der Waals surface area contributed by atoms with Gasteiger partial charge in [0.05, 0.1) is 18.3 Å². The normalized spacial score (nSPS) is 15.5. The molecule has 1 saturated heterocycles. The molecule has 0 spiro atoms. The Hall–Kier alpha value is -2.34. The molecule has 1 fully saturated rings. The highest BCUT2D eigenvalue weighted by atomic mass is 32.1. The third kappa shape index (κ3) is 2.91. The Balaban J connectivity index is 1.78. The molecule has 3 heterocycles. The Labute approximate surface area is 150 Å². The lowest BCUT2D eigenvalue weighted by atomic mass is 10.1. The average molecular weight is 355 g/mol. The highest BCUT2D eigenvalue weighted by Crippen LogP contribution is 2.36. The molecule has 0 bridgehead atoms. The van der Waals surface area contributed by atoms with Gasteiger partial charge in [-0.15, -0.1) is 11.3 Å². The molecule has 0 saturated carbocycles. The fourth-order valence-electron chi connectivity index (χ4n) is 3.38. The fraction of sp³-hybridized carbons (Fsp3) is 0.368. The summed E-state index contributed by atoms with van der Waals surface area (Å²) in [7, 11) is 1.64. The minimum Gasteiger partial charge on any atom is -0.497 e. The zero-order chi connectivity index (χ0) is 17.4. The summed E-state index contributed by atoms with van der Waals surface area (Å²) in [6, 6.07) is 7.77. The first-order chi connectivity index (χ1) is 12.2. The summed E-state index contributed by atoms with van der Waals surface area (Å²) in [5, 5.41) is 1.81. The van der Waals surface area contributed by atoms with E-state index in [1.54, 1.807) is 7.11 Å². The molecule has 0 atom stereocenters. The average Bonchev–Trinajstić information content (AvgIpc) is 2.82. The smallest absolute Gasteiger partial charge is 0.266 e. The molecule has 1 aliphatic heterocycles. The zero-order valence-electron chi connectivity index (χ0n) is 14.2. The van der Waals surface area contributed by atoms with Crippen LogP contribution in [0.1, 0.15) is 35.4 Å². The minimum atomic E-state index is 0.0454. The molecular formula is C19H21N3O2S. The molecule has 130 valence electrons. The summed E-state index contributed by atoms with van der Waals surface area (Å²) >= 11 is 1.40. The number of carbonyl (C=O) groups excluding carboxylic acids is 1. The quantitative estimate of drug-likeness (QED) is 0.753. The van der Waals surface area contributed by atoms with E-state index < -0.39 is 0 Å². The number of amides is 1. The molecular weight excluding hydrogens is 334 g/mol. The number of hydrogen-bond acceptors (Lipinski definition) is 5. The number of methoxy groups -OCH3 is 1. The Bertz CT molecular complexity index is 943. The van der Waals surface area contributed by atoms with Gasteiger partial charge in [0, 0.05) is 23.9 Å². The predicted molar refractivity (Wildman–Crippen MR) is 102 cm³/mol. The number of aromatic nitrogens is 1. The van der Waals surface area contributed by atoms with Crippen molar-refractivity contribution in [3.05, 3.63) is 29.1 Å². The lowest BCUT2D eigenvalue weighted by Crippen LogP contribution is -2.31. The summed E-state index contributed by atoms with van der Waals surface area (Å²) in [4.78, 5) is 21.0. The van der Waals surface area contributed by atoms with Crippen LogP contribution in [0.25, 0.3) is 21.1 Å². The molecule has 2 N–H and O–H groups in total. The number of ether oxygens (including phenoxy) is 1. The number of carbonyl (C=O) groups is 1. The first kappa shape index (κ1) is 16.1. The van der Waals surface area contributed by atoms with E-state index in [9.17, 15) is 4.79 Å². The lowest BCUT2D eigenvalue weighted by Gasteiger charge is -2.19. The van der Waals surface area contributed by atoms with Gasteiger partial charge in [-0.3, -0.25) is 4.79 Å². The van der Waals surface area contributed by atoms with E-state index in [1.165, 1.54) is 24.2 Å². The van der Waals surface area contributed by atoms with E-state index in [0.717, 1.165) is 52.8 Å². The summed E-state index contributed by atoms with van der Waals surface area (Å²) in [5.74, 6) is 0.826. The Morgan fingerprint density at radius 1 is 1.20 bits per heavy atom. The SMILES string of the molecule is COc1ccc2nc3sc(C(=O)N4CCCCCC4)c(N)c3cc2c1. The van der Waals surface area contributed by atoms with Crippen molar-refractivity contribution in [3.8, 4) is 5.75 Å². The van der Waals surface area contributed by atoms with Crippen LogP contribution in [-0.2, 0) is 0 Å². The van der Waals surface area contributed by atoms with Gasteiger partial charge in [-0.25, -0.2) is 4.98 Å². The third-order valence-electron chi connectivity index (χ3n) is 4.81. The van der Waals surface area contributed by atoms with Gasteiger partial charge >= 0.3 is 0 Å². The van der Waals surface area contributed by atoms with E-state index in [2.05, 4.69) is 0 Å². The Kier molecular flexibility index (Phi) is 4.21. The Morgan fingerprint density at radius 2 is 1.96 bits per heavy atom. The van der Waals surface area contributed by atoms with Gasteiger partial charge in [-0.05, 0) is 37.1 Å². The number of fused-ring (bicyclic) bond motifs is 2. The molecule has 0 radical (unpaired) electrons. The van der Waals surface area contributed by atoms with Crippen molar-refractivity contribution in [1.82, 2.24) is 9.88 Å². The minimum absolute atomic E-state index is 0.0454. The Morgan fingerprint density at radius 3 is 2.68 bits per heavy atom. The van der Waals surface area contributed by atoms with Gasteiger partial charge in [0.1, 0.15) is 15.5 Å². The first-order valence-corrected chi connectivity index (χ1v) is 9.45. The molecule has 2 aromatic heterocycles. The molecule has 3 aromatic rings. The maximum atomic E-state index is 12.9. The number of nitrogens with two attached hydrogens (primary N) is 1. The van der Waals surface area contributed by atoms with Crippen molar-refractivity contribution in [2.45, 2.75) is 25.7 Å². The highest BCUT2D eigenvalue weighted by Gasteiger charge is 2.23. The molecule has 5 nitrogen and oxygen atoms in total. The van der Waals surface area contributed by atoms with Gasteiger partial charge in [-0.1, -0.05) is 12.8 Å². The van der Waals surface area contributed by atoms with Crippen LogP contribution in [0.3, 0.4) is 0 Å². The van der Waals surface area contributed by atoms with Crippen LogP contribution in [0.5, 0.6) is 5.75 Å². The second kappa shape index (κ2) is 6.52. The van der Waals surface area contributed by atoms with Crippen LogP contribution in [0, 0.1) is 0 Å². The monoisotopic (exact) mass is 355 g/mol. The van der Waals surface area contributed by atoms with E-state index in [4.69, 9.17) is 15.5 Å². The fourth-order valence-corrected chi connectivity index (χ4v) is 4.44. The number of pyridine rings is 1. The van der Waals surface area contributed by atoms with Crippen LogP contribution >= 0.6 is 11.3 Å². The maximum Gasteiger partial charge on any atom is 0.266 e. The van der Waals surface area contributed by atoms with Crippen molar-refractivity contribution < 1.29 is 9.53 Å². The topological polar surface area (TPSA) is 68.5 Å². The second-order valence-electron chi connectivity index (χ2n) is 6.45. The van der Waals surface area contributed by atoms with Gasteiger partial charge < -0.3 is 15.4 Å². The number of nitrogens with zero attached hydrogens (tertiary/aromatic N) is 2. The van der Waals surface area contributed by atoms with Gasteiger partial charge in [-0.2, -0.15) is 0 Å². The lowest BCUT2D eigenvalue weighted by molar-refractivity contribution is 0.0767. The number of anilines is 1. The molecule has 1 aromatic carbocycles.